The van der Waals surface area contributed by atoms with Crippen molar-refractivity contribution >= 4 is 5.91 Å². The summed E-state index contributed by atoms with van der Waals surface area (Å²) in [4.78, 5) is 17.2. The number of rotatable bonds is 5. The molecule has 0 aromatic heterocycles. The molecule has 0 N–H and O–H groups in total. The summed E-state index contributed by atoms with van der Waals surface area (Å²) in [5.41, 5.74) is 1.48. The highest BCUT2D eigenvalue weighted by Gasteiger charge is 2.56. The summed E-state index contributed by atoms with van der Waals surface area (Å²) >= 11 is 0. The number of likely N-dealkylation sites (tertiary alicyclic amines) is 1. The Hall–Kier alpha value is -1.46. The van der Waals surface area contributed by atoms with E-state index in [9.17, 15) is 9.18 Å². The third-order valence-corrected chi connectivity index (χ3v) is 6.39. The van der Waals surface area contributed by atoms with Gasteiger partial charge in [-0.2, -0.15) is 0 Å². The normalized spacial score (nSPS) is 29.1. The Bertz CT molecular complexity index is 629. The minimum Gasteiger partial charge on any atom is -0.379 e. The molecule has 2 atom stereocenters. The maximum Gasteiger partial charge on any atom is 0.222 e. The van der Waals surface area contributed by atoms with Crippen molar-refractivity contribution in [3.05, 3.63) is 35.6 Å². The Morgan fingerprint density at radius 1 is 1.19 bits per heavy atom. The van der Waals surface area contributed by atoms with E-state index in [1.54, 1.807) is 12.1 Å². The van der Waals surface area contributed by atoms with Crippen LogP contribution in [0.1, 0.15) is 43.6 Å². The quantitative estimate of drug-likeness (QED) is 0.809. The van der Waals surface area contributed by atoms with Gasteiger partial charge in [0.05, 0.1) is 13.2 Å². The predicted molar refractivity (Wildman–Crippen MR) is 98.5 cm³/mol. The first kappa shape index (κ1) is 17.9. The largest absolute Gasteiger partial charge is 0.379 e. The monoisotopic (exact) mass is 360 g/mol. The van der Waals surface area contributed by atoms with E-state index in [4.69, 9.17) is 4.74 Å². The van der Waals surface area contributed by atoms with Crippen LogP contribution in [0.5, 0.6) is 0 Å². The van der Waals surface area contributed by atoms with Crippen LogP contribution in [0.2, 0.25) is 0 Å². The van der Waals surface area contributed by atoms with Crippen LogP contribution in [0.3, 0.4) is 0 Å². The molecule has 1 unspecified atom stereocenters. The van der Waals surface area contributed by atoms with Gasteiger partial charge in [-0.1, -0.05) is 12.1 Å². The van der Waals surface area contributed by atoms with Crippen molar-refractivity contribution in [2.24, 2.45) is 5.41 Å². The number of amides is 1. The highest BCUT2D eigenvalue weighted by molar-refractivity contribution is 5.76. The van der Waals surface area contributed by atoms with Gasteiger partial charge in [0.25, 0.3) is 0 Å². The van der Waals surface area contributed by atoms with Gasteiger partial charge in [0.2, 0.25) is 5.91 Å². The zero-order valence-corrected chi connectivity index (χ0v) is 15.5. The fourth-order valence-electron chi connectivity index (χ4n) is 4.77. The standard InChI is InChI=1S/C21H29FN2O2/c22-18-6-4-17(5-7-18)19-15-21(19)8-2-10-24(16-21)20(25)3-1-9-23-11-13-26-14-12-23/h4-7,19H,1-3,8-16H2/t19?,21-/m0/s1. The summed E-state index contributed by atoms with van der Waals surface area (Å²) in [6.07, 6.45) is 4.99. The molecule has 2 aliphatic heterocycles. The lowest BCUT2D eigenvalue weighted by Gasteiger charge is -2.34. The van der Waals surface area contributed by atoms with E-state index in [0.29, 0.717) is 18.2 Å². The van der Waals surface area contributed by atoms with Crippen LogP contribution in [-0.4, -0.2) is 61.6 Å². The van der Waals surface area contributed by atoms with Gasteiger partial charge in [-0.05, 0) is 61.3 Å². The SMILES string of the molecule is O=C(CCCN1CCOCC1)N1CCC[C@]2(CC2c2ccc(F)cc2)C1. The van der Waals surface area contributed by atoms with Gasteiger partial charge in [0.15, 0.2) is 0 Å². The molecule has 1 saturated carbocycles. The Morgan fingerprint density at radius 2 is 1.96 bits per heavy atom. The first-order valence-corrected chi connectivity index (χ1v) is 10.00. The van der Waals surface area contributed by atoms with Gasteiger partial charge < -0.3 is 9.64 Å². The fraction of sp³-hybridized carbons (Fsp3) is 0.667. The summed E-state index contributed by atoms with van der Waals surface area (Å²) in [6.45, 7) is 6.37. The van der Waals surface area contributed by atoms with Crippen LogP contribution in [-0.2, 0) is 9.53 Å². The number of nitrogens with zero attached hydrogens (tertiary/aromatic N) is 2. The van der Waals surface area contributed by atoms with E-state index in [0.717, 1.165) is 65.2 Å². The van der Waals surface area contributed by atoms with Crippen molar-refractivity contribution in [3.63, 3.8) is 0 Å². The first-order chi connectivity index (χ1) is 12.7. The van der Waals surface area contributed by atoms with E-state index in [1.807, 2.05) is 12.1 Å². The number of piperidine rings is 1. The van der Waals surface area contributed by atoms with Crippen LogP contribution in [0.4, 0.5) is 4.39 Å². The van der Waals surface area contributed by atoms with Gasteiger partial charge in [0, 0.05) is 32.6 Å². The predicted octanol–water partition coefficient (Wildman–Crippen LogP) is 3.03. The molecule has 3 aliphatic rings. The highest BCUT2D eigenvalue weighted by Crippen LogP contribution is 2.63. The van der Waals surface area contributed by atoms with Crippen molar-refractivity contribution in [1.29, 1.82) is 0 Å². The molecule has 1 spiro atoms. The first-order valence-electron chi connectivity index (χ1n) is 10.00. The number of hydrogen-bond acceptors (Lipinski definition) is 3. The maximum atomic E-state index is 13.2. The molecule has 2 heterocycles. The Labute approximate surface area is 155 Å². The topological polar surface area (TPSA) is 32.8 Å². The number of benzene rings is 1. The average molecular weight is 360 g/mol. The second kappa shape index (κ2) is 7.65. The molecule has 1 amide bonds. The number of carbonyl (C=O) groups is 1. The zero-order chi connectivity index (χ0) is 18.0. The Kier molecular flexibility index (Phi) is 5.28. The van der Waals surface area contributed by atoms with Gasteiger partial charge in [-0.25, -0.2) is 4.39 Å². The zero-order valence-electron chi connectivity index (χ0n) is 15.5. The van der Waals surface area contributed by atoms with Gasteiger partial charge in [0.1, 0.15) is 5.82 Å². The molecule has 142 valence electrons. The van der Waals surface area contributed by atoms with Crippen LogP contribution in [0.15, 0.2) is 24.3 Å². The Balaban J connectivity index is 1.27. The van der Waals surface area contributed by atoms with Crippen molar-refractivity contribution in [3.8, 4) is 0 Å². The van der Waals surface area contributed by atoms with Crippen molar-refractivity contribution in [2.45, 2.75) is 38.0 Å². The van der Waals surface area contributed by atoms with E-state index in [2.05, 4.69) is 9.80 Å². The molecule has 1 aromatic carbocycles. The number of hydrogen-bond donors (Lipinski definition) is 0. The summed E-state index contributed by atoms with van der Waals surface area (Å²) in [5.74, 6) is 0.623. The lowest BCUT2D eigenvalue weighted by atomic mass is 9.89. The van der Waals surface area contributed by atoms with E-state index >= 15 is 0 Å². The number of morpholine rings is 1. The minimum atomic E-state index is -0.177. The maximum absolute atomic E-state index is 13.2. The molecule has 0 radical (unpaired) electrons. The van der Waals surface area contributed by atoms with Gasteiger partial charge >= 0.3 is 0 Å². The molecule has 1 aliphatic carbocycles. The molecule has 3 fully saturated rings. The highest BCUT2D eigenvalue weighted by atomic mass is 19.1. The smallest absolute Gasteiger partial charge is 0.222 e. The lowest BCUT2D eigenvalue weighted by molar-refractivity contribution is -0.133. The number of halogens is 1. The van der Waals surface area contributed by atoms with E-state index in [-0.39, 0.29) is 11.2 Å². The average Bonchev–Trinajstić information content (AvgIpc) is 3.35. The van der Waals surface area contributed by atoms with Crippen LogP contribution in [0, 0.1) is 11.2 Å². The molecule has 0 bridgehead atoms. The Morgan fingerprint density at radius 3 is 2.73 bits per heavy atom. The van der Waals surface area contributed by atoms with E-state index < -0.39 is 0 Å². The molecule has 5 heteroatoms. The molecule has 26 heavy (non-hydrogen) atoms. The summed E-state index contributed by atoms with van der Waals surface area (Å²) < 4.78 is 18.5. The molecule has 2 saturated heterocycles. The van der Waals surface area contributed by atoms with Gasteiger partial charge in [-0.15, -0.1) is 0 Å². The molecule has 4 rings (SSSR count). The molecular weight excluding hydrogens is 331 g/mol. The number of carbonyl (C=O) groups excluding carboxylic acids is 1. The second-order valence-electron chi connectivity index (χ2n) is 8.15. The summed E-state index contributed by atoms with van der Waals surface area (Å²) in [6, 6.07) is 6.94. The summed E-state index contributed by atoms with van der Waals surface area (Å²) in [7, 11) is 0. The molecule has 1 aromatic rings. The molecular formula is C21H29FN2O2. The van der Waals surface area contributed by atoms with Crippen LogP contribution in [0.25, 0.3) is 0 Å². The van der Waals surface area contributed by atoms with Crippen LogP contribution >= 0.6 is 0 Å². The second-order valence-corrected chi connectivity index (χ2v) is 8.15. The van der Waals surface area contributed by atoms with Crippen LogP contribution < -0.4 is 0 Å². The lowest BCUT2D eigenvalue weighted by Crippen LogP contribution is -2.42. The summed E-state index contributed by atoms with van der Waals surface area (Å²) in [5, 5.41) is 0. The third-order valence-electron chi connectivity index (χ3n) is 6.39. The van der Waals surface area contributed by atoms with Crippen molar-refractivity contribution < 1.29 is 13.9 Å². The minimum absolute atomic E-state index is 0.177. The van der Waals surface area contributed by atoms with Crippen molar-refractivity contribution in [2.75, 3.05) is 45.9 Å². The van der Waals surface area contributed by atoms with Gasteiger partial charge in [-0.3, -0.25) is 9.69 Å². The van der Waals surface area contributed by atoms with Crippen molar-refractivity contribution in [1.82, 2.24) is 9.80 Å². The van der Waals surface area contributed by atoms with E-state index in [1.165, 1.54) is 12.0 Å². The fourth-order valence-corrected chi connectivity index (χ4v) is 4.77. The molecule has 4 nitrogen and oxygen atoms in total. The number of ether oxygens (including phenoxy) is 1. The third kappa shape index (κ3) is 3.94.